The van der Waals surface area contributed by atoms with Crippen molar-refractivity contribution in [3.05, 3.63) is 58.6 Å². The first-order valence-electron chi connectivity index (χ1n) is 6.11. The number of fused-ring (bicyclic) bond motifs is 1. The molecule has 96 valence electrons. The Morgan fingerprint density at radius 2 is 1.89 bits per heavy atom. The van der Waals surface area contributed by atoms with Gasteiger partial charge in [0.15, 0.2) is 0 Å². The lowest BCUT2D eigenvalue weighted by Crippen LogP contribution is -2.04. The van der Waals surface area contributed by atoms with Gasteiger partial charge in [-0.15, -0.1) is 0 Å². The molecule has 0 aliphatic heterocycles. The van der Waals surface area contributed by atoms with Crippen molar-refractivity contribution < 1.29 is 0 Å². The number of imidazole rings is 1. The predicted octanol–water partition coefficient (Wildman–Crippen LogP) is 3.63. The van der Waals surface area contributed by atoms with Crippen LogP contribution in [0.4, 0.5) is 5.95 Å². The van der Waals surface area contributed by atoms with Crippen LogP contribution < -0.4 is 5.73 Å². The zero-order valence-electron chi connectivity index (χ0n) is 10.6. The molecule has 0 saturated carbocycles. The largest absolute Gasteiger partial charge is 0.369 e. The maximum Gasteiger partial charge on any atom is 0.201 e. The van der Waals surface area contributed by atoms with Crippen LogP contribution in [0.25, 0.3) is 11.0 Å². The molecule has 3 rings (SSSR count). The highest BCUT2D eigenvalue weighted by Gasteiger charge is 2.10. The van der Waals surface area contributed by atoms with Gasteiger partial charge in [0.25, 0.3) is 0 Å². The van der Waals surface area contributed by atoms with Crippen LogP contribution in [0.2, 0.25) is 5.02 Å². The minimum atomic E-state index is 0.490. The molecule has 1 aromatic heterocycles. The molecule has 4 heteroatoms. The summed E-state index contributed by atoms with van der Waals surface area (Å²) in [4.78, 5) is 4.34. The molecule has 0 amide bonds. The molecule has 3 nitrogen and oxygen atoms in total. The zero-order valence-corrected chi connectivity index (χ0v) is 11.4. The van der Waals surface area contributed by atoms with Gasteiger partial charge < -0.3 is 10.3 Å². The SMILES string of the molecule is Cc1ccc(Cn2c(N)nc3c(Cl)cccc32)cc1. The monoisotopic (exact) mass is 271 g/mol. The lowest BCUT2D eigenvalue weighted by Gasteiger charge is -2.07. The Bertz CT molecular complexity index is 729. The number of anilines is 1. The Morgan fingerprint density at radius 1 is 1.16 bits per heavy atom. The summed E-state index contributed by atoms with van der Waals surface area (Å²) in [6.07, 6.45) is 0. The summed E-state index contributed by atoms with van der Waals surface area (Å²) in [5.74, 6) is 0.490. The molecule has 0 saturated heterocycles. The highest BCUT2D eigenvalue weighted by atomic mass is 35.5. The second-order valence-electron chi connectivity index (χ2n) is 4.65. The number of nitrogens with two attached hydrogens (primary N) is 1. The Morgan fingerprint density at radius 3 is 2.63 bits per heavy atom. The highest BCUT2D eigenvalue weighted by Crippen LogP contribution is 2.25. The number of hydrogen-bond donors (Lipinski definition) is 1. The fourth-order valence-corrected chi connectivity index (χ4v) is 2.38. The Hall–Kier alpha value is -2.00. The fraction of sp³-hybridized carbons (Fsp3) is 0.133. The summed E-state index contributed by atoms with van der Waals surface area (Å²) in [7, 11) is 0. The molecule has 0 atom stereocenters. The van der Waals surface area contributed by atoms with Gasteiger partial charge in [0.1, 0.15) is 5.52 Å². The van der Waals surface area contributed by atoms with Crippen molar-refractivity contribution in [2.75, 3.05) is 5.73 Å². The molecule has 0 bridgehead atoms. The van der Waals surface area contributed by atoms with Crippen LogP contribution in [-0.4, -0.2) is 9.55 Å². The highest BCUT2D eigenvalue weighted by molar-refractivity contribution is 6.35. The van der Waals surface area contributed by atoms with Crippen LogP contribution in [0.5, 0.6) is 0 Å². The lowest BCUT2D eigenvalue weighted by molar-refractivity contribution is 0.838. The fourth-order valence-electron chi connectivity index (χ4n) is 2.17. The molecule has 19 heavy (non-hydrogen) atoms. The first-order chi connectivity index (χ1) is 9.15. The number of nitrogen functional groups attached to an aromatic ring is 1. The van der Waals surface area contributed by atoms with Crippen LogP contribution in [0.3, 0.4) is 0 Å². The van der Waals surface area contributed by atoms with E-state index in [1.165, 1.54) is 11.1 Å². The summed E-state index contributed by atoms with van der Waals surface area (Å²) in [6, 6.07) is 14.1. The Balaban J connectivity index is 2.07. The van der Waals surface area contributed by atoms with Gasteiger partial charge in [-0.3, -0.25) is 0 Å². The first kappa shape index (κ1) is 12.1. The maximum atomic E-state index is 6.13. The van der Waals surface area contributed by atoms with E-state index in [4.69, 9.17) is 17.3 Å². The number of rotatable bonds is 2. The zero-order chi connectivity index (χ0) is 13.4. The van der Waals surface area contributed by atoms with Gasteiger partial charge in [0.05, 0.1) is 17.1 Å². The number of aryl methyl sites for hydroxylation is 1. The molecule has 0 spiro atoms. The molecule has 0 aliphatic carbocycles. The molecular formula is C15H14ClN3. The Labute approximate surface area is 116 Å². The van der Waals surface area contributed by atoms with Crippen molar-refractivity contribution >= 4 is 28.6 Å². The molecule has 1 heterocycles. The van der Waals surface area contributed by atoms with E-state index in [-0.39, 0.29) is 0 Å². The minimum absolute atomic E-state index is 0.490. The quantitative estimate of drug-likeness (QED) is 0.773. The van der Waals surface area contributed by atoms with Crippen LogP contribution in [-0.2, 0) is 6.54 Å². The molecule has 3 aromatic rings. The second-order valence-corrected chi connectivity index (χ2v) is 5.06. The van der Waals surface area contributed by atoms with E-state index >= 15 is 0 Å². The van der Waals surface area contributed by atoms with Crippen molar-refractivity contribution in [1.82, 2.24) is 9.55 Å². The average molecular weight is 272 g/mol. The van der Waals surface area contributed by atoms with Gasteiger partial charge in [-0.2, -0.15) is 0 Å². The van der Waals surface area contributed by atoms with Crippen LogP contribution in [0.1, 0.15) is 11.1 Å². The summed E-state index contributed by atoms with van der Waals surface area (Å²) in [6.45, 7) is 2.77. The van der Waals surface area contributed by atoms with Crippen LogP contribution in [0.15, 0.2) is 42.5 Å². The topological polar surface area (TPSA) is 43.8 Å². The number of halogens is 1. The molecule has 2 aromatic carbocycles. The number of nitrogens with zero attached hydrogens (tertiary/aromatic N) is 2. The third-order valence-electron chi connectivity index (χ3n) is 3.22. The Kier molecular flexibility index (Phi) is 2.91. The van der Waals surface area contributed by atoms with E-state index in [1.807, 2.05) is 22.8 Å². The number of benzene rings is 2. The summed E-state index contributed by atoms with van der Waals surface area (Å²) in [5.41, 5.74) is 10.2. The van der Waals surface area contributed by atoms with Crippen molar-refractivity contribution in [3.8, 4) is 0 Å². The van der Waals surface area contributed by atoms with Gasteiger partial charge in [-0.25, -0.2) is 4.98 Å². The molecule has 0 aliphatic rings. The van der Waals surface area contributed by atoms with Crippen molar-refractivity contribution in [1.29, 1.82) is 0 Å². The summed E-state index contributed by atoms with van der Waals surface area (Å²) in [5, 5.41) is 0.631. The smallest absolute Gasteiger partial charge is 0.201 e. The van der Waals surface area contributed by atoms with E-state index in [0.717, 1.165) is 11.0 Å². The van der Waals surface area contributed by atoms with Crippen molar-refractivity contribution in [2.45, 2.75) is 13.5 Å². The first-order valence-corrected chi connectivity index (χ1v) is 6.49. The normalized spacial score (nSPS) is 11.1. The predicted molar refractivity (Wildman–Crippen MR) is 79.4 cm³/mol. The molecular weight excluding hydrogens is 258 g/mol. The average Bonchev–Trinajstić information content (AvgIpc) is 2.71. The molecule has 2 N–H and O–H groups in total. The van der Waals surface area contributed by atoms with E-state index < -0.39 is 0 Å². The third kappa shape index (κ3) is 2.17. The molecule has 0 fully saturated rings. The van der Waals surface area contributed by atoms with Crippen LogP contribution >= 0.6 is 11.6 Å². The van der Waals surface area contributed by atoms with Gasteiger partial charge in [0.2, 0.25) is 5.95 Å². The van der Waals surface area contributed by atoms with Crippen LogP contribution in [0, 0.1) is 6.92 Å². The summed E-state index contributed by atoms with van der Waals surface area (Å²) >= 11 is 6.13. The van der Waals surface area contributed by atoms with E-state index in [2.05, 4.69) is 36.2 Å². The minimum Gasteiger partial charge on any atom is -0.369 e. The van der Waals surface area contributed by atoms with E-state index in [1.54, 1.807) is 0 Å². The van der Waals surface area contributed by atoms with Gasteiger partial charge in [0, 0.05) is 0 Å². The van der Waals surface area contributed by atoms with Gasteiger partial charge in [-0.05, 0) is 24.6 Å². The standard InChI is InChI=1S/C15H14ClN3/c1-10-5-7-11(8-6-10)9-19-13-4-2-3-12(16)14(13)18-15(19)17/h2-8H,9H2,1H3,(H2,17,18). The van der Waals surface area contributed by atoms with Crippen molar-refractivity contribution in [2.24, 2.45) is 0 Å². The maximum absolute atomic E-state index is 6.13. The lowest BCUT2D eigenvalue weighted by atomic mass is 10.1. The van der Waals surface area contributed by atoms with Crippen molar-refractivity contribution in [3.63, 3.8) is 0 Å². The second kappa shape index (κ2) is 4.59. The molecule has 0 unspecified atom stereocenters. The van der Waals surface area contributed by atoms with E-state index in [0.29, 0.717) is 17.5 Å². The number of hydrogen-bond acceptors (Lipinski definition) is 2. The molecule has 0 radical (unpaired) electrons. The number of aromatic nitrogens is 2. The summed E-state index contributed by atoms with van der Waals surface area (Å²) < 4.78 is 1.98. The van der Waals surface area contributed by atoms with E-state index in [9.17, 15) is 0 Å². The third-order valence-corrected chi connectivity index (χ3v) is 3.53. The van der Waals surface area contributed by atoms with Gasteiger partial charge >= 0.3 is 0 Å². The number of para-hydroxylation sites is 1. The van der Waals surface area contributed by atoms with Gasteiger partial charge in [-0.1, -0.05) is 47.5 Å².